The lowest BCUT2D eigenvalue weighted by molar-refractivity contribution is -0.136. The van der Waals surface area contributed by atoms with Gasteiger partial charge >= 0.3 is 0 Å². The Balaban J connectivity index is 6.16. The Bertz CT molecular complexity index is 2700. The molecule has 0 bridgehead atoms. The number of amides is 15. The summed E-state index contributed by atoms with van der Waals surface area (Å²) in [6, 6.07) is -17.3. The fourth-order valence-electron chi connectivity index (χ4n) is 10.00. The zero-order valence-electron chi connectivity index (χ0n) is 61.5. The number of nitrogens with two attached hydrogens (primary N) is 5. The molecule has 0 aromatic carbocycles. The van der Waals surface area contributed by atoms with E-state index in [1.165, 1.54) is 34.6 Å². The predicted molar refractivity (Wildman–Crippen MR) is 372 cm³/mol. The van der Waals surface area contributed by atoms with Crippen molar-refractivity contribution in [2.24, 2.45) is 64.2 Å². The summed E-state index contributed by atoms with van der Waals surface area (Å²) >= 11 is 0. The third kappa shape index (κ3) is 36.0. The van der Waals surface area contributed by atoms with Gasteiger partial charge in [0.25, 0.3) is 0 Å². The first kappa shape index (κ1) is 90.9. The van der Waals surface area contributed by atoms with Gasteiger partial charge in [0.2, 0.25) is 88.6 Å². The molecule has 0 fully saturated rings. The van der Waals surface area contributed by atoms with E-state index in [2.05, 4.69) is 69.1 Å². The smallest absolute Gasteiger partial charge is 0.243 e. The second-order valence-corrected chi connectivity index (χ2v) is 28.0. The maximum absolute atomic E-state index is 14.0. The molecular formula is C66H122N18O15. The van der Waals surface area contributed by atoms with Gasteiger partial charge in [-0.2, -0.15) is 0 Å². The van der Waals surface area contributed by atoms with Crippen molar-refractivity contribution in [3.05, 3.63) is 0 Å². The number of hydrogen-bond donors (Lipinski definition) is 18. The van der Waals surface area contributed by atoms with E-state index in [4.69, 9.17) is 28.7 Å². The summed E-state index contributed by atoms with van der Waals surface area (Å²) in [6.07, 6.45) is 1.76. The number of hydrogen-bond acceptors (Lipinski definition) is 18. The molecule has 23 N–H and O–H groups in total. The summed E-state index contributed by atoms with van der Waals surface area (Å²) in [4.78, 5) is 202. The Kier molecular flexibility index (Phi) is 42.5. The van der Waals surface area contributed by atoms with Crippen molar-refractivity contribution >= 4 is 88.6 Å². The molecule has 99 heavy (non-hydrogen) atoms. The van der Waals surface area contributed by atoms with Crippen LogP contribution in [0.4, 0.5) is 0 Å². The molecule has 0 aliphatic heterocycles. The molecule has 0 aliphatic rings. The summed E-state index contributed by atoms with van der Waals surface area (Å²) in [6.45, 7) is 28.8. The molecule has 15 amide bonds. The monoisotopic (exact) mass is 1410 g/mol. The van der Waals surface area contributed by atoms with Crippen LogP contribution >= 0.6 is 0 Å². The zero-order chi connectivity index (χ0) is 76.3. The number of carbonyl (C=O) groups excluding carboxylic acids is 15. The van der Waals surface area contributed by atoms with E-state index in [1.54, 1.807) is 48.5 Å². The number of unbranched alkanes of at least 4 members (excludes halogenated alkanes) is 1. The minimum Gasteiger partial charge on any atom is -0.370 e. The second kappa shape index (κ2) is 46.3. The quantitative estimate of drug-likeness (QED) is 0.0274. The number of rotatable bonds is 48. The van der Waals surface area contributed by atoms with Gasteiger partial charge < -0.3 is 97.8 Å². The Morgan fingerprint density at radius 1 is 0.283 bits per heavy atom. The first-order valence-corrected chi connectivity index (χ1v) is 34.7. The van der Waals surface area contributed by atoms with E-state index in [1.807, 2.05) is 34.6 Å². The summed E-state index contributed by atoms with van der Waals surface area (Å²) in [5.74, 6) is -12.7. The van der Waals surface area contributed by atoms with Crippen LogP contribution in [0, 0.1) is 35.5 Å². The van der Waals surface area contributed by atoms with E-state index < -0.39 is 180 Å². The fraction of sp³-hybridized carbons (Fsp3) is 0.773. The van der Waals surface area contributed by atoms with Crippen molar-refractivity contribution < 1.29 is 71.9 Å². The van der Waals surface area contributed by atoms with Gasteiger partial charge in [-0.1, -0.05) is 89.5 Å². The number of carbonyl (C=O) groups is 15. The largest absolute Gasteiger partial charge is 0.370 e. The van der Waals surface area contributed by atoms with Crippen molar-refractivity contribution in [2.45, 2.75) is 279 Å². The minimum absolute atomic E-state index is 0.0203. The molecule has 0 aromatic heterocycles. The molecule has 33 heteroatoms. The van der Waals surface area contributed by atoms with Gasteiger partial charge in [0.05, 0.1) is 12.5 Å². The average molecular weight is 1410 g/mol. The molecule has 0 aromatic rings. The summed E-state index contributed by atoms with van der Waals surface area (Å²) in [7, 11) is 0. The maximum Gasteiger partial charge on any atom is 0.243 e. The molecule has 33 nitrogen and oxygen atoms in total. The lowest BCUT2D eigenvalue weighted by Gasteiger charge is -2.28. The third-order valence-corrected chi connectivity index (χ3v) is 16.0. The lowest BCUT2D eigenvalue weighted by atomic mass is 9.98. The van der Waals surface area contributed by atoms with Gasteiger partial charge in [-0.05, 0) is 147 Å². The zero-order valence-corrected chi connectivity index (χ0v) is 61.5. The van der Waals surface area contributed by atoms with Crippen molar-refractivity contribution in [2.75, 3.05) is 13.1 Å². The van der Waals surface area contributed by atoms with Crippen molar-refractivity contribution in [1.82, 2.24) is 69.1 Å². The molecule has 0 rings (SSSR count). The van der Waals surface area contributed by atoms with Crippen LogP contribution in [0.15, 0.2) is 0 Å². The van der Waals surface area contributed by atoms with Crippen LogP contribution in [0.5, 0.6) is 0 Å². The van der Waals surface area contributed by atoms with Crippen LogP contribution in [-0.4, -0.2) is 186 Å². The Morgan fingerprint density at radius 3 is 0.818 bits per heavy atom. The Labute approximate surface area is 584 Å². The van der Waals surface area contributed by atoms with Gasteiger partial charge in [0.15, 0.2) is 0 Å². The maximum atomic E-state index is 14.0. The van der Waals surface area contributed by atoms with Crippen molar-refractivity contribution in [3.63, 3.8) is 0 Å². The minimum atomic E-state index is -1.48. The van der Waals surface area contributed by atoms with E-state index in [0.717, 1.165) is 0 Å². The topological polar surface area (TPSA) is 543 Å². The number of primary amides is 2. The van der Waals surface area contributed by atoms with Gasteiger partial charge in [0.1, 0.15) is 78.5 Å². The number of nitrogens with one attached hydrogen (secondary N) is 13. The van der Waals surface area contributed by atoms with Crippen LogP contribution < -0.4 is 97.8 Å². The highest BCUT2D eigenvalue weighted by Crippen LogP contribution is 2.14. The predicted octanol–water partition coefficient (Wildman–Crippen LogP) is -2.78. The lowest BCUT2D eigenvalue weighted by Crippen LogP contribution is -2.60. The van der Waals surface area contributed by atoms with Crippen LogP contribution in [0.1, 0.15) is 195 Å². The Morgan fingerprint density at radius 2 is 0.515 bits per heavy atom. The fourth-order valence-corrected chi connectivity index (χ4v) is 10.00. The van der Waals surface area contributed by atoms with Crippen molar-refractivity contribution in [1.29, 1.82) is 0 Å². The highest BCUT2D eigenvalue weighted by molar-refractivity contribution is 6.00. The van der Waals surface area contributed by atoms with Crippen LogP contribution in [-0.2, 0) is 71.9 Å². The first-order valence-electron chi connectivity index (χ1n) is 34.7. The molecule has 0 saturated carbocycles. The molecule has 0 heterocycles. The molecule has 0 saturated heterocycles. The van der Waals surface area contributed by atoms with Gasteiger partial charge in [-0.3, -0.25) is 71.9 Å². The second-order valence-electron chi connectivity index (χ2n) is 28.0. The highest BCUT2D eigenvalue weighted by atomic mass is 16.2. The first-order chi connectivity index (χ1) is 46.0. The highest BCUT2D eigenvalue weighted by Gasteiger charge is 2.37. The SMILES string of the molecule is CCC(C)C(N)C(=O)NC(CC(N)=O)C(=O)NC(CC(C)C)C(=O)NC(CCCCN)C(=O)NC(C)C(=O)NC(CC(C)C)C(=O)NC(C)C(=O)NC(C)C(=O)NC(CC(C)C)C(=O)NC(C)C(=O)NC(CCCN)C(=O)NC(C)C(=O)NC(CC(C)C)C(=O)NC(CC(C)C)C(N)=O. The van der Waals surface area contributed by atoms with Crippen LogP contribution in [0.3, 0.4) is 0 Å². The molecule has 566 valence electrons. The molecule has 15 atom stereocenters. The van der Waals surface area contributed by atoms with E-state index in [0.29, 0.717) is 19.3 Å². The molecule has 0 aliphatic carbocycles. The van der Waals surface area contributed by atoms with Crippen LogP contribution in [0.25, 0.3) is 0 Å². The van der Waals surface area contributed by atoms with E-state index in [9.17, 15) is 71.9 Å². The van der Waals surface area contributed by atoms with Crippen molar-refractivity contribution in [3.8, 4) is 0 Å². The third-order valence-electron chi connectivity index (χ3n) is 16.0. The van der Waals surface area contributed by atoms with E-state index >= 15 is 0 Å². The van der Waals surface area contributed by atoms with Gasteiger partial charge in [-0.25, -0.2) is 0 Å². The summed E-state index contributed by atoms with van der Waals surface area (Å²) in [5, 5.41) is 33.5. The Hall–Kier alpha value is -8.07. The standard InChI is InChI=1S/C66H122N18O15/c1-18-37(12)52(70)66(99)84-50(31-51(69)85)65(98)83-49(30-36(10)11)63(96)78-43(22-19-20-24-67)59(92)73-41(16)57(90)81-46(27-33(4)5)61(94)75-38(13)54(87)72-39(14)56(89)80-47(28-34(6)7)62(95)76-40(15)55(88)77-44(23-21-25-68)60(93)74-42(17)58(91)82-48(29-35(8)9)64(97)79-45(53(71)86)26-32(2)3/h32-50,52H,18-31,67-68,70H2,1-17H3,(H2,69,85)(H2,71,86)(H,72,87)(H,73,92)(H,74,93)(H,75,94)(H,76,95)(H,77,88)(H,78,96)(H,79,97)(H,80,89)(H,81,90)(H,82,91)(H,83,98)(H,84,99). The van der Waals surface area contributed by atoms with Gasteiger partial charge in [0, 0.05) is 0 Å². The molecular weight excluding hydrogens is 1280 g/mol. The van der Waals surface area contributed by atoms with E-state index in [-0.39, 0.29) is 100.0 Å². The van der Waals surface area contributed by atoms with Gasteiger partial charge in [-0.15, -0.1) is 0 Å². The summed E-state index contributed by atoms with van der Waals surface area (Å²) < 4.78 is 0. The van der Waals surface area contributed by atoms with Crippen LogP contribution in [0.2, 0.25) is 0 Å². The molecule has 15 unspecified atom stereocenters. The average Bonchev–Trinajstić information content (AvgIpc) is 0.883. The normalized spacial score (nSPS) is 16.0. The molecule has 0 spiro atoms. The summed E-state index contributed by atoms with van der Waals surface area (Å²) in [5.41, 5.74) is 28.5. The molecule has 0 radical (unpaired) electrons.